The Morgan fingerprint density at radius 3 is 2.63 bits per heavy atom. The van der Waals surface area contributed by atoms with E-state index in [2.05, 4.69) is 28.2 Å². The highest BCUT2D eigenvalue weighted by Gasteiger charge is 2.10. The minimum atomic E-state index is -0.685. The first-order valence-electron chi connectivity index (χ1n) is 6.63. The summed E-state index contributed by atoms with van der Waals surface area (Å²) in [6.45, 7) is 4.12. The molecule has 19 heavy (non-hydrogen) atoms. The van der Waals surface area contributed by atoms with Gasteiger partial charge in [0, 0.05) is 12.6 Å². The van der Waals surface area contributed by atoms with E-state index in [0.29, 0.717) is 17.6 Å². The number of halogens is 3. The van der Waals surface area contributed by atoms with E-state index in [1.54, 1.807) is 0 Å². The van der Waals surface area contributed by atoms with Gasteiger partial charge in [-0.15, -0.1) is 0 Å². The molecule has 1 N–H and O–H groups in total. The van der Waals surface area contributed by atoms with Crippen molar-refractivity contribution < 1.29 is 13.5 Å². The van der Waals surface area contributed by atoms with E-state index >= 15 is 0 Å². The van der Waals surface area contributed by atoms with Crippen molar-refractivity contribution in [2.45, 2.75) is 32.6 Å². The van der Waals surface area contributed by atoms with Crippen LogP contribution in [0.4, 0.5) is 8.78 Å². The molecule has 108 valence electrons. The second-order valence-corrected chi connectivity index (χ2v) is 5.21. The molecule has 0 aliphatic carbocycles. The molecule has 0 saturated carbocycles. The van der Waals surface area contributed by atoms with Crippen LogP contribution >= 0.6 is 15.9 Å². The van der Waals surface area contributed by atoms with Gasteiger partial charge in [-0.3, -0.25) is 0 Å². The van der Waals surface area contributed by atoms with E-state index in [9.17, 15) is 8.78 Å². The molecule has 0 atom stereocenters. The lowest BCUT2D eigenvalue weighted by Gasteiger charge is -2.10. The van der Waals surface area contributed by atoms with Gasteiger partial charge in [0.2, 0.25) is 0 Å². The summed E-state index contributed by atoms with van der Waals surface area (Å²) >= 11 is 3.08. The van der Waals surface area contributed by atoms with Crippen molar-refractivity contribution in [2.24, 2.45) is 0 Å². The van der Waals surface area contributed by atoms with Crippen LogP contribution in [0.2, 0.25) is 0 Å². The number of unbranched alkanes of at least 4 members (excludes halogenated alkanes) is 3. The molecule has 0 fully saturated rings. The van der Waals surface area contributed by atoms with Crippen LogP contribution in [0.5, 0.6) is 5.75 Å². The van der Waals surface area contributed by atoms with Crippen LogP contribution in [0, 0.1) is 11.6 Å². The first-order valence-corrected chi connectivity index (χ1v) is 7.42. The Kier molecular flexibility index (Phi) is 7.98. The van der Waals surface area contributed by atoms with Gasteiger partial charge in [0.1, 0.15) is 12.4 Å². The van der Waals surface area contributed by atoms with Gasteiger partial charge >= 0.3 is 0 Å². The second kappa shape index (κ2) is 9.26. The lowest BCUT2D eigenvalue weighted by atomic mass is 10.2. The molecule has 0 amide bonds. The fourth-order valence-corrected chi connectivity index (χ4v) is 2.22. The van der Waals surface area contributed by atoms with E-state index in [1.165, 1.54) is 25.3 Å². The predicted octanol–water partition coefficient (Wildman–Crippen LogP) is 4.28. The van der Waals surface area contributed by atoms with Crippen LogP contribution in [0.1, 0.15) is 32.6 Å². The van der Waals surface area contributed by atoms with Gasteiger partial charge in [-0.25, -0.2) is 8.78 Å². The van der Waals surface area contributed by atoms with Crippen molar-refractivity contribution >= 4 is 15.9 Å². The number of nitrogens with one attached hydrogen (secondary N) is 1. The van der Waals surface area contributed by atoms with Crippen LogP contribution < -0.4 is 10.1 Å². The summed E-state index contributed by atoms with van der Waals surface area (Å²) in [5.74, 6) is -1.24. The summed E-state index contributed by atoms with van der Waals surface area (Å²) in [4.78, 5) is 0. The van der Waals surface area contributed by atoms with Gasteiger partial charge < -0.3 is 10.1 Å². The molecule has 0 aliphatic heterocycles. The first-order chi connectivity index (χ1) is 9.15. The normalized spacial score (nSPS) is 10.7. The number of rotatable bonds is 9. The van der Waals surface area contributed by atoms with Crippen LogP contribution in [0.3, 0.4) is 0 Å². The van der Waals surface area contributed by atoms with Crippen molar-refractivity contribution in [3.8, 4) is 5.75 Å². The number of ether oxygens (including phenoxy) is 1. The molecule has 5 heteroatoms. The topological polar surface area (TPSA) is 21.3 Å². The summed E-state index contributed by atoms with van der Waals surface area (Å²) in [6, 6.07) is 2.01. The first kappa shape index (κ1) is 16.4. The molecule has 0 aromatic heterocycles. The molecule has 0 heterocycles. The molecule has 1 aromatic rings. The third-order valence-corrected chi connectivity index (χ3v) is 3.28. The third-order valence-electron chi connectivity index (χ3n) is 2.70. The van der Waals surface area contributed by atoms with Crippen molar-refractivity contribution in [3.05, 3.63) is 28.2 Å². The maximum Gasteiger partial charge on any atom is 0.169 e. The maximum atomic E-state index is 13.4. The second-order valence-electron chi connectivity index (χ2n) is 4.36. The Bertz CT molecular complexity index is 365. The third kappa shape index (κ3) is 6.34. The van der Waals surface area contributed by atoms with E-state index < -0.39 is 11.6 Å². The Balaban J connectivity index is 2.19. The lowest BCUT2D eigenvalue weighted by molar-refractivity contribution is 0.295. The molecular weight excluding hydrogens is 316 g/mol. The Morgan fingerprint density at radius 1 is 1.16 bits per heavy atom. The molecule has 0 spiro atoms. The summed E-state index contributed by atoms with van der Waals surface area (Å²) in [5, 5.41) is 3.23. The predicted molar refractivity (Wildman–Crippen MR) is 76.6 cm³/mol. The molecule has 0 unspecified atom stereocenters. The molecule has 0 aliphatic rings. The van der Waals surface area contributed by atoms with Gasteiger partial charge in [0.25, 0.3) is 0 Å². The molecule has 1 rings (SSSR count). The fourth-order valence-electron chi connectivity index (χ4n) is 1.69. The fraction of sp³-hybridized carbons (Fsp3) is 0.571. The number of hydrogen-bond donors (Lipinski definition) is 1. The largest absolute Gasteiger partial charge is 0.488 e. The van der Waals surface area contributed by atoms with Crippen molar-refractivity contribution in [3.63, 3.8) is 0 Å². The Hall–Kier alpha value is -0.680. The maximum absolute atomic E-state index is 13.4. The number of hydrogen-bond acceptors (Lipinski definition) is 2. The molecule has 0 radical (unpaired) electrons. The highest BCUT2D eigenvalue weighted by atomic mass is 79.9. The highest BCUT2D eigenvalue weighted by molar-refractivity contribution is 9.10. The molecule has 2 nitrogen and oxygen atoms in total. The van der Waals surface area contributed by atoms with Crippen molar-refractivity contribution in [2.75, 3.05) is 19.7 Å². The monoisotopic (exact) mass is 335 g/mol. The zero-order valence-electron chi connectivity index (χ0n) is 11.1. The Labute approximate surface area is 121 Å². The Morgan fingerprint density at radius 2 is 1.95 bits per heavy atom. The number of benzene rings is 1. The van der Waals surface area contributed by atoms with Gasteiger partial charge in [-0.2, -0.15) is 0 Å². The molecule has 0 bridgehead atoms. The standard InChI is InChI=1S/C14H20BrF2NO/c1-2-3-4-5-6-18-7-8-19-14-12(15)9-11(16)10-13(14)17/h9-10,18H,2-8H2,1H3. The van der Waals surface area contributed by atoms with Crippen LogP contribution in [0.15, 0.2) is 16.6 Å². The van der Waals surface area contributed by atoms with E-state index in [0.717, 1.165) is 19.0 Å². The highest BCUT2D eigenvalue weighted by Crippen LogP contribution is 2.28. The smallest absolute Gasteiger partial charge is 0.169 e. The SMILES string of the molecule is CCCCCCNCCOc1c(F)cc(F)cc1Br. The lowest BCUT2D eigenvalue weighted by Crippen LogP contribution is -2.22. The molecule has 0 saturated heterocycles. The van der Waals surface area contributed by atoms with Crippen LogP contribution in [-0.4, -0.2) is 19.7 Å². The average Bonchev–Trinajstić information content (AvgIpc) is 2.35. The quantitative estimate of drug-likeness (QED) is 0.680. The van der Waals surface area contributed by atoms with E-state index in [1.807, 2.05) is 0 Å². The van der Waals surface area contributed by atoms with E-state index in [4.69, 9.17) is 4.74 Å². The summed E-state index contributed by atoms with van der Waals surface area (Å²) in [7, 11) is 0. The summed E-state index contributed by atoms with van der Waals surface area (Å²) in [5.41, 5.74) is 0. The van der Waals surface area contributed by atoms with Crippen molar-refractivity contribution in [1.82, 2.24) is 5.32 Å². The minimum absolute atomic E-state index is 0.0641. The molecule has 1 aromatic carbocycles. The van der Waals surface area contributed by atoms with E-state index in [-0.39, 0.29) is 5.75 Å². The zero-order chi connectivity index (χ0) is 14.1. The van der Waals surface area contributed by atoms with Gasteiger partial charge in [-0.05, 0) is 35.0 Å². The van der Waals surface area contributed by atoms with Gasteiger partial charge in [0.15, 0.2) is 11.6 Å². The molecular formula is C14H20BrF2NO. The van der Waals surface area contributed by atoms with Crippen LogP contribution in [-0.2, 0) is 0 Å². The minimum Gasteiger partial charge on any atom is -0.488 e. The zero-order valence-corrected chi connectivity index (χ0v) is 12.7. The van der Waals surface area contributed by atoms with Gasteiger partial charge in [0.05, 0.1) is 4.47 Å². The average molecular weight is 336 g/mol. The van der Waals surface area contributed by atoms with Crippen LogP contribution in [0.25, 0.3) is 0 Å². The van der Waals surface area contributed by atoms with Gasteiger partial charge in [-0.1, -0.05) is 26.2 Å². The summed E-state index contributed by atoms with van der Waals surface area (Å²) in [6.07, 6.45) is 4.85. The van der Waals surface area contributed by atoms with Crippen molar-refractivity contribution in [1.29, 1.82) is 0 Å². The summed E-state index contributed by atoms with van der Waals surface area (Å²) < 4.78 is 31.9.